The first-order valence-electron chi connectivity index (χ1n) is 8.59. The highest BCUT2D eigenvalue weighted by molar-refractivity contribution is 9.10. The van der Waals surface area contributed by atoms with E-state index in [2.05, 4.69) is 31.8 Å². The summed E-state index contributed by atoms with van der Waals surface area (Å²) in [6, 6.07) is 13.0. The summed E-state index contributed by atoms with van der Waals surface area (Å²) in [4.78, 5) is 23.8. The molecule has 0 heterocycles. The first kappa shape index (κ1) is 20.6. The molecule has 0 aromatic heterocycles. The second kappa shape index (κ2) is 10.5. The third kappa shape index (κ3) is 6.86. The number of anilines is 1. The maximum atomic E-state index is 11.9. The van der Waals surface area contributed by atoms with Crippen LogP contribution in [0, 0.1) is 6.92 Å². The van der Waals surface area contributed by atoms with Gasteiger partial charge in [-0.1, -0.05) is 18.2 Å². The van der Waals surface area contributed by atoms with Gasteiger partial charge in [0.15, 0.2) is 0 Å². The van der Waals surface area contributed by atoms with E-state index in [1.807, 2.05) is 56.3 Å². The molecule has 0 saturated carbocycles. The van der Waals surface area contributed by atoms with E-state index in [4.69, 9.17) is 4.74 Å². The lowest BCUT2D eigenvalue weighted by Gasteiger charge is -2.07. The first-order chi connectivity index (χ1) is 13.0. The van der Waals surface area contributed by atoms with Crippen molar-refractivity contribution in [2.24, 2.45) is 5.10 Å². The minimum atomic E-state index is -0.323. The van der Waals surface area contributed by atoms with Gasteiger partial charge in [-0.05, 0) is 65.2 Å². The highest BCUT2D eigenvalue weighted by Crippen LogP contribution is 2.25. The molecule has 0 spiro atoms. The largest absolute Gasteiger partial charge is 0.493 e. The number of amides is 2. The van der Waals surface area contributed by atoms with Crippen LogP contribution in [0.15, 0.2) is 52.0 Å². The Bertz CT molecular complexity index is 837. The van der Waals surface area contributed by atoms with Crippen LogP contribution in [0.1, 0.15) is 30.9 Å². The van der Waals surface area contributed by atoms with Crippen molar-refractivity contribution in [3.8, 4) is 5.75 Å². The summed E-state index contributed by atoms with van der Waals surface area (Å²) in [5, 5.41) is 6.71. The van der Waals surface area contributed by atoms with Gasteiger partial charge in [-0.3, -0.25) is 9.59 Å². The number of ether oxygens (including phenoxy) is 1. The van der Waals surface area contributed by atoms with Crippen LogP contribution in [0.5, 0.6) is 5.75 Å². The lowest BCUT2D eigenvalue weighted by Crippen LogP contribution is -2.20. The van der Waals surface area contributed by atoms with E-state index in [0.717, 1.165) is 27.0 Å². The Balaban J connectivity index is 1.77. The van der Waals surface area contributed by atoms with Gasteiger partial charge in [0.1, 0.15) is 5.75 Å². The normalized spacial score (nSPS) is 10.6. The Morgan fingerprint density at radius 1 is 1.15 bits per heavy atom. The molecule has 0 aliphatic heterocycles. The maximum Gasteiger partial charge on any atom is 0.240 e. The molecule has 0 bridgehead atoms. The molecule has 2 amide bonds. The Morgan fingerprint density at radius 3 is 2.59 bits per heavy atom. The van der Waals surface area contributed by atoms with Crippen molar-refractivity contribution in [2.75, 3.05) is 11.9 Å². The molecule has 0 fully saturated rings. The molecule has 0 saturated heterocycles. The van der Waals surface area contributed by atoms with Gasteiger partial charge in [-0.2, -0.15) is 5.10 Å². The smallest absolute Gasteiger partial charge is 0.240 e. The molecule has 27 heavy (non-hydrogen) atoms. The molecule has 142 valence electrons. The molecule has 0 aliphatic carbocycles. The number of halogens is 1. The van der Waals surface area contributed by atoms with E-state index in [-0.39, 0.29) is 24.7 Å². The topological polar surface area (TPSA) is 79.8 Å². The van der Waals surface area contributed by atoms with Gasteiger partial charge in [0.2, 0.25) is 11.8 Å². The standard InChI is InChI=1S/C20H22BrN3O3/c1-3-27-18-9-8-15(12-16(18)21)13-22-24-20(26)11-10-19(25)23-17-7-5-4-6-14(17)2/h4-9,12-13H,3,10-11H2,1-2H3,(H,23,25)(H,24,26). The molecule has 6 nitrogen and oxygen atoms in total. The highest BCUT2D eigenvalue weighted by Gasteiger charge is 2.08. The van der Waals surface area contributed by atoms with Crippen LogP contribution in [-0.4, -0.2) is 24.6 Å². The van der Waals surface area contributed by atoms with Gasteiger partial charge in [0.25, 0.3) is 0 Å². The van der Waals surface area contributed by atoms with E-state index in [1.165, 1.54) is 6.21 Å². The molecule has 2 aromatic rings. The predicted octanol–water partition coefficient (Wildman–Crippen LogP) is 4.03. The number of para-hydroxylation sites is 1. The van der Waals surface area contributed by atoms with E-state index in [0.29, 0.717) is 6.61 Å². The Morgan fingerprint density at radius 2 is 1.89 bits per heavy atom. The van der Waals surface area contributed by atoms with E-state index >= 15 is 0 Å². The summed E-state index contributed by atoms with van der Waals surface area (Å²) < 4.78 is 6.25. The number of carbonyl (C=O) groups is 2. The SMILES string of the molecule is CCOc1ccc(C=NNC(=O)CCC(=O)Nc2ccccc2C)cc1Br. The number of benzene rings is 2. The summed E-state index contributed by atoms with van der Waals surface area (Å²) in [6.45, 7) is 4.41. The zero-order chi connectivity index (χ0) is 19.6. The van der Waals surface area contributed by atoms with E-state index < -0.39 is 0 Å². The van der Waals surface area contributed by atoms with E-state index in [1.54, 1.807) is 0 Å². The number of hydrogen-bond acceptors (Lipinski definition) is 4. The zero-order valence-electron chi connectivity index (χ0n) is 15.3. The fourth-order valence-corrected chi connectivity index (χ4v) is 2.77. The summed E-state index contributed by atoms with van der Waals surface area (Å²) in [5.41, 5.74) is 4.96. The predicted molar refractivity (Wildman–Crippen MR) is 110 cm³/mol. The molecule has 2 aromatic carbocycles. The summed E-state index contributed by atoms with van der Waals surface area (Å²) in [7, 11) is 0. The van der Waals surface area contributed by atoms with Crippen molar-refractivity contribution >= 4 is 39.6 Å². The van der Waals surface area contributed by atoms with Crippen molar-refractivity contribution < 1.29 is 14.3 Å². The monoisotopic (exact) mass is 431 g/mol. The lowest BCUT2D eigenvalue weighted by atomic mass is 10.2. The molecule has 2 rings (SSSR count). The van der Waals surface area contributed by atoms with Crippen molar-refractivity contribution in [1.29, 1.82) is 0 Å². The minimum absolute atomic E-state index is 0.0576. The van der Waals surface area contributed by atoms with Gasteiger partial charge < -0.3 is 10.1 Å². The number of hydrazone groups is 1. The van der Waals surface area contributed by atoms with Crippen molar-refractivity contribution in [1.82, 2.24) is 5.43 Å². The van der Waals surface area contributed by atoms with Crippen molar-refractivity contribution in [3.63, 3.8) is 0 Å². The molecule has 0 atom stereocenters. The molecule has 0 aliphatic rings. The van der Waals surface area contributed by atoms with Crippen molar-refractivity contribution in [3.05, 3.63) is 58.1 Å². The summed E-state index contributed by atoms with van der Waals surface area (Å²) in [6.07, 6.45) is 1.68. The minimum Gasteiger partial charge on any atom is -0.493 e. The molecular weight excluding hydrogens is 410 g/mol. The van der Waals surface area contributed by atoms with Gasteiger partial charge >= 0.3 is 0 Å². The van der Waals surface area contributed by atoms with Gasteiger partial charge in [-0.25, -0.2) is 5.43 Å². The molecule has 2 N–H and O–H groups in total. The number of carbonyl (C=O) groups excluding carboxylic acids is 2. The van der Waals surface area contributed by atoms with Crippen LogP contribution >= 0.6 is 15.9 Å². The third-order valence-electron chi connectivity index (χ3n) is 3.66. The average Bonchev–Trinajstić information content (AvgIpc) is 2.64. The number of rotatable bonds is 8. The number of nitrogens with zero attached hydrogens (tertiary/aromatic N) is 1. The van der Waals surface area contributed by atoms with Gasteiger partial charge in [-0.15, -0.1) is 0 Å². The Labute approximate surface area is 167 Å². The van der Waals surface area contributed by atoms with Crippen LogP contribution in [0.4, 0.5) is 5.69 Å². The quantitative estimate of drug-likeness (QED) is 0.489. The molecular formula is C20H22BrN3O3. The maximum absolute atomic E-state index is 11.9. The summed E-state index contributed by atoms with van der Waals surface area (Å²) in [5.74, 6) is 0.216. The highest BCUT2D eigenvalue weighted by atomic mass is 79.9. The number of hydrogen-bond donors (Lipinski definition) is 2. The molecule has 7 heteroatoms. The molecule has 0 radical (unpaired) electrons. The van der Waals surface area contributed by atoms with Crippen LogP contribution in [0.2, 0.25) is 0 Å². The second-order valence-electron chi connectivity index (χ2n) is 5.78. The average molecular weight is 432 g/mol. The Hall–Kier alpha value is -2.67. The van der Waals surface area contributed by atoms with E-state index in [9.17, 15) is 9.59 Å². The van der Waals surface area contributed by atoms with Crippen LogP contribution in [0.25, 0.3) is 0 Å². The summed E-state index contributed by atoms with van der Waals surface area (Å²) >= 11 is 3.42. The molecule has 0 unspecified atom stereocenters. The fourth-order valence-electron chi connectivity index (χ4n) is 2.26. The number of aryl methyl sites for hydroxylation is 1. The Kier molecular flexibility index (Phi) is 8.00. The zero-order valence-corrected chi connectivity index (χ0v) is 16.9. The fraction of sp³-hybridized carbons (Fsp3) is 0.250. The van der Waals surface area contributed by atoms with Crippen LogP contribution < -0.4 is 15.5 Å². The van der Waals surface area contributed by atoms with Crippen LogP contribution in [-0.2, 0) is 9.59 Å². The lowest BCUT2D eigenvalue weighted by molar-refractivity contribution is -0.124. The second-order valence-corrected chi connectivity index (χ2v) is 6.63. The van der Waals surface area contributed by atoms with Gasteiger partial charge in [0, 0.05) is 18.5 Å². The first-order valence-corrected chi connectivity index (χ1v) is 9.38. The number of nitrogens with one attached hydrogen (secondary N) is 2. The van der Waals surface area contributed by atoms with Crippen LogP contribution in [0.3, 0.4) is 0 Å². The third-order valence-corrected chi connectivity index (χ3v) is 4.28. The van der Waals surface area contributed by atoms with Gasteiger partial charge in [0.05, 0.1) is 17.3 Å². The van der Waals surface area contributed by atoms with Crippen molar-refractivity contribution in [2.45, 2.75) is 26.7 Å².